The van der Waals surface area contributed by atoms with Crippen LogP contribution in [-0.4, -0.2) is 38.3 Å². The fourth-order valence-corrected chi connectivity index (χ4v) is 2.27. The maximum Gasteiger partial charge on any atom is 0.0671 e. The average Bonchev–Trinajstić information content (AvgIpc) is 2.34. The molecule has 1 heterocycles. The van der Waals surface area contributed by atoms with Gasteiger partial charge in [-0.1, -0.05) is 13.8 Å². The standard InChI is InChI=1S/C14H26N2O/c1-12(2)14(10-15)11-16(3)7-4-13-5-8-17-9-6-13/h12-14H,4-9,11H2,1-3H3. The van der Waals surface area contributed by atoms with Crippen LogP contribution in [0.4, 0.5) is 0 Å². The highest BCUT2D eigenvalue weighted by molar-refractivity contribution is 4.87. The number of hydrogen-bond acceptors (Lipinski definition) is 3. The molecule has 0 saturated carbocycles. The molecule has 1 aliphatic rings. The van der Waals surface area contributed by atoms with E-state index < -0.39 is 0 Å². The van der Waals surface area contributed by atoms with Crippen LogP contribution >= 0.6 is 0 Å². The summed E-state index contributed by atoms with van der Waals surface area (Å²) in [6.07, 6.45) is 3.66. The predicted octanol–water partition coefficient (Wildman–Crippen LogP) is 2.53. The van der Waals surface area contributed by atoms with Crippen molar-refractivity contribution >= 4 is 0 Å². The van der Waals surface area contributed by atoms with Crippen LogP contribution in [-0.2, 0) is 4.74 Å². The highest BCUT2D eigenvalue weighted by atomic mass is 16.5. The van der Waals surface area contributed by atoms with Crippen LogP contribution in [0.25, 0.3) is 0 Å². The summed E-state index contributed by atoms with van der Waals surface area (Å²) < 4.78 is 5.36. The number of ether oxygens (including phenoxy) is 1. The summed E-state index contributed by atoms with van der Waals surface area (Å²) in [4.78, 5) is 2.31. The predicted molar refractivity (Wildman–Crippen MR) is 69.6 cm³/mol. The highest BCUT2D eigenvalue weighted by Crippen LogP contribution is 2.19. The zero-order chi connectivity index (χ0) is 12.7. The number of nitrogens with zero attached hydrogens (tertiary/aromatic N) is 2. The van der Waals surface area contributed by atoms with Crippen LogP contribution in [0.1, 0.15) is 33.1 Å². The van der Waals surface area contributed by atoms with Gasteiger partial charge in [-0.2, -0.15) is 5.26 Å². The second kappa shape index (κ2) is 7.68. The van der Waals surface area contributed by atoms with Crippen molar-refractivity contribution in [2.45, 2.75) is 33.1 Å². The van der Waals surface area contributed by atoms with Crippen molar-refractivity contribution in [3.05, 3.63) is 0 Å². The third-order valence-corrected chi connectivity index (χ3v) is 3.74. The molecule has 3 nitrogen and oxygen atoms in total. The van der Waals surface area contributed by atoms with E-state index in [4.69, 9.17) is 10.00 Å². The van der Waals surface area contributed by atoms with Crippen molar-refractivity contribution in [1.29, 1.82) is 5.26 Å². The van der Waals surface area contributed by atoms with E-state index in [1.54, 1.807) is 0 Å². The van der Waals surface area contributed by atoms with E-state index in [1.807, 2.05) is 0 Å². The van der Waals surface area contributed by atoms with Gasteiger partial charge >= 0.3 is 0 Å². The summed E-state index contributed by atoms with van der Waals surface area (Å²) in [6.45, 7) is 8.12. The van der Waals surface area contributed by atoms with Gasteiger partial charge in [-0.25, -0.2) is 0 Å². The Morgan fingerprint density at radius 1 is 1.35 bits per heavy atom. The van der Waals surface area contributed by atoms with Crippen molar-refractivity contribution < 1.29 is 4.74 Å². The number of hydrogen-bond donors (Lipinski definition) is 0. The van der Waals surface area contributed by atoms with Crippen LogP contribution in [0, 0.1) is 29.1 Å². The Kier molecular flexibility index (Phi) is 6.54. The molecular formula is C14H26N2O. The van der Waals surface area contributed by atoms with Crippen LogP contribution in [0.15, 0.2) is 0 Å². The molecule has 0 aromatic heterocycles. The Bertz CT molecular complexity index is 241. The molecule has 0 aromatic rings. The van der Waals surface area contributed by atoms with Gasteiger partial charge < -0.3 is 9.64 Å². The first-order chi connectivity index (χ1) is 8.13. The summed E-state index contributed by atoms with van der Waals surface area (Å²) in [5.74, 6) is 1.44. The minimum atomic E-state index is 0.162. The van der Waals surface area contributed by atoms with Gasteiger partial charge in [-0.15, -0.1) is 0 Å². The molecular weight excluding hydrogens is 212 g/mol. The Balaban J connectivity index is 2.19. The third kappa shape index (κ3) is 5.52. The lowest BCUT2D eigenvalue weighted by molar-refractivity contribution is 0.0605. The molecule has 98 valence electrons. The molecule has 0 N–H and O–H groups in total. The molecule has 0 bridgehead atoms. The monoisotopic (exact) mass is 238 g/mol. The molecule has 0 aromatic carbocycles. The Morgan fingerprint density at radius 3 is 2.53 bits per heavy atom. The summed E-state index contributed by atoms with van der Waals surface area (Å²) in [5.41, 5.74) is 0. The fourth-order valence-electron chi connectivity index (χ4n) is 2.27. The average molecular weight is 238 g/mol. The van der Waals surface area contributed by atoms with Crippen molar-refractivity contribution in [2.24, 2.45) is 17.8 Å². The zero-order valence-corrected chi connectivity index (χ0v) is 11.5. The molecule has 17 heavy (non-hydrogen) atoms. The van der Waals surface area contributed by atoms with Crippen molar-refractivity contribution in [2.75, 3.05) is 33.4 Å². The van der Waals surface area contributed by atoms with Gasteiger partial charge in [-0.05, 0) is 44.7 Å². The van der Waals surface area contributed by atoms with Gasteiger partial charge in [0.25, 0.3) is 0 Å². The van der Waals surface area contributed by atoms with Gasteiger partial charge in [0.1, 0.15) is 0 Å². The van der Waals surface area contributed by atoms with E-state index in [2.05, 4.69) is 31.9 Å². The molecule has 1 atom stereocenters. The Hall–Kier alpha value is -0.590. The van der Waals surface area contributed by atoms with Crippen LogP contribution in [0.5, 0.6) is 0 Å². The normalized spacial score (nSPS) is 19.5. The second-order valence-electron chi connectivity index (χ2n) is 5.59. The smallest absolute Gasteiger partial charge is 0.0671 e. The molecule has 0 amide bonds. The van der Waals surface area contributed by atoms with E-state index in [9.17, 15) is 0 Å². The van der Waals surface area contributed by atoms with Gasteiger partial charge in [0.15, 0.2) is 0 Å². The summed E-state index contributed by atoms with van der Waals surface area (Å²) in [7, 11) is 2.13. The molecule has 1 rings (SSSR count). The van der Waals surface area contributed by atoms with E-state index in [0.29, 0.717) is 5.92 Å². The lowest BCUT2D eigenvalue weighted by Crippen LogP contribution is -2.30. The maximum absolute atomic E-state index is 9.07. The molecule has 0 spiro atoms. The molecule has 0 radical (unpaired) electrons. The van der Waals surface area contributed by atoms with Gasteiger partial charge in [0, 0.05) is 19.8 Å². The SMILES string of the molecule is CC(C)C(C#N)CN(C)CCC1CCOCC1. The van der Waals surface area contributed by atoms with Gasteiger partial charge in [0.2, 0.25) is 0 Å². The van der Waals surface area contributed by atoms with Crippen LogP contribution < -0.4 is 0 Å². The third-order valence-electron chi connectivity index (χ3n) is 3.74. The highest BCUT2D eigenvalue weighted by Gasteiger charge is 2.17. The summed E-state index contributed by atoms with van der Waals surface area (Å²) in [6, 6.07) is 2.41. The van der Waals surface area contributed by atoms with E-state index in [1.165, 1.54) is 19.3 Å². The molecule has 1 saturated heterocycles. The number of rotatable bonds is 6. The van der Waals surface area contributed by atoms with Crippen molar-refractivity contribution in [3.8, 4) is 6.07 Å². The molecule has 1 aliphatic heterocycles. The first-order valence-corrected chi connectivity index (χ1v) is 6.79. The second-order valence-corrected chi connectivity index (χ2v) is 5.59. The minimum Gasteiger partial charge on any atom is -0.381 e. The number of nitriles is 1. The fraction of sp³-hybridized carbons (Fsp3) is 0.929. The topological polar surface area (TPSA) is 36.3 Å². The summed E-state index contributed by atoms with van der Waals surface area (Å²) >= 11 is 0. The van der Waals surface area contributed by atoms with Crippen molar-refractivity contribution in [1.82, 2.24) is 4.90 Å². The maximum atomic E-state index is 9.07. The molecule has 1 fully saturated rings. The van der Waals surface area contributed by atoms with Crippen molar-refractivity contribution in [3.63, 3.8) is 0 Å². The van der Waals surface area contributed by atoms with E-state index >= 15 is 0 Å². The first kappa shape index (κ1) is 14.5. The minimum absolute atomic E-state index is 0.162. The van der Waals surface area contributed by atoms with Crippen LogP contribution in [0.3, 0.4) is 0 Å². The van der Waals surface area contributed by atoms with E-state index in [-0.39, 0.29) is 5.92 Å². The van der Waals surface area contributed by atoms with Gasteiger partial charge in [-0.3, -0.25) is 0 Å². The van der Waals surface area contributed by atoms with Gasteiger partial charge in [0.05, 0.1) is 12.0 Å². The largest absolute Gasteiger partial charge is 0.381 e. The lowest BCUT2D eigenvalue weighted by atomic mass is 9.95. The zero-order valence-electron chi connectivity index (χ0n) is 11.5. The first-order valence-electron chi connectivity index (χ1n) is 6.79. The van der Waals surface area contributed by atoms with E-state index in [0.717, 1.165) is 32.2 Å². The molecule has 1 unspecified atom stereocenters. The lowest BCUT2D eigenvalue weighted by Gasteiger charge is -2.26. The Morgan fingerprint density at radius 2 is 2.00 bits per heavy atom. The molecule has 0 aliphatic carbocycles. The molecule has 3 heteroatoms. The quantitative estimate of drug-likeness (QED) is 0.713. The Labute approximate surface area is 106 Å². The summed E-state index contributed by atoms with van der Waals surface area (Å²) in [5, 5.41) is 9.07. The van der Waals surface area contributed by atoms with Crippen LogP contribution in [0.2, 0.25) is 0 Å².